The van der Waals surface area contributed by atoms with Gasteiger partial charge in [0.1, 0.15) is 0 Å². The smallest absolute Gasteiger partial charge is 0.0494 e. The molecular formula is C14H19O2-. The van der Waals surface area contributed by atoms with Gasteiger partial charge in [0.15, 0.2) is 0 Å². The van der Waals surface area contributed by atoms with E-state index in [4.69, 9.17) is 0 Å². The third-order valence-electron chi connectivity index (χ3n) is 2.85. The van der Waals surface area contributed by atoms with Crippen LogP contribution in [0.2, 0.25) is 0 Å². The molecule has 16 heavy (non-hydrogen) atoms. The second kappa shape index (κ2) is 4.28. The fourth-order valence-corrected chi connectivity index (χ4v) is 2.02. The monoisotopic (exact) mass is 219 g/mol. The molecule has 0 saturated carbocycles. The first-order chi connectivity index (χ1) is 7.23. The van der Waals surface area contributed by atoms with Gasteiger partial charge in [0.25, 0.3) is 0 Å². The SMILES string of the molecule is Cc1ccc(C)c([C@@H](C(=O)[O-])C(C)(C)C)c1. The molecule has 0 spiro atoms. The van der Waals surface area contributed by atoms with E-state index in [0.717, 1.165) is 16.7 Å². The van der Waals surface area contributed by atoms with Gasteiger partial charge in [0.2, 0.25) is 0 Å². The number of aryl methyl sites for hydroxylation is 2. The van der Waals surface area contributed by atoms with Crippen molar-refractivity contribution in [2.75, 3.05) is 0 Å². The predicted octanol–water partition coefficient (Wildman–Crippen LogP) is 2.18. The van der Waals surface area contributed by atoms with Gasteiger partial charge in [-0.05, 0) is 30.4 Å². The molecule has 0 aliphatic heterocycles. The van der Waals surface area contributed by atoms with E-state index in [-0.39, 0.29) is 5.41 Å². The van der Waals surface area contributed by atoms with Crippen LogP contribution in [0.25, 0.3) is 0 Å². The average Bonchev–Trinajstić information content (AvgIpc) is 2.08. The maximum Gasteiger partial charge on any atom is 0.0494 e. The minimum atomic E-state index is -0.999. The lowest BCUT2D eigenvalue weighted by Gasteiger charge is -2.33. The normalized spacial score (nSPS) is 13.6. The van der Waals surface area contributed by atoms with E-state index in [9.17, 15) is 9.90 Å². The second-order valence-corrected chi connectivity index (χ2v) is 5.48. The van der Waals surface area contributed by atoms with Crippen molar-refractivity contribution in [1.29, 1.82) is 0 Å². The number of rotatable bonds is 2. The molecule has 1 atom stereocenters. The van der Waals surface area contributed by atoms with Crippen LogP contribution in [-0.2, 0) is 4.79 Å². The molecule has 2 nitrogen and oxygen atoms in total. The molecule has 2 heteroatoms. The van der Waals surface area contributed by atoms with Crippen LogP contribution in [-0.4, -0.2) is 5.97 Å². The maximum atomic E-state index is 11.3. The first kappa shape index (κ1) is 12.8. The number of benzene rings is 1. The van der Waals surface area contributed by atoms with Gasteiger partial charge in [-0.15, -0.1) is 0 Å². The quantitative estimate of drug-likeness (QED) is 0.765. The van der Waals surface area contributed by atoms with Crippen LogP contribution in [0.5, 0.6) is 0 Å². The van der Waals surface area contributed by atoms with Crippen molar-refractivity contribution < 1.29 is 9.90 Å². The van der Waals surface area contributed by atoms with E-state index >= 15 is 0 Å². The van der Waals surface area contributed by atoms with Crippen LogP contribution < -0.4 is 5.11 Å². The van der Waals surface area contributed by atoms with Crippen molar-refractivity contribution in [3.63, 3.8) is 0 Å². The van der Waals surface area contributed by atoms with Crippen LogP contribution in [0.1, 0.15) is 43.4 Å². The topological polar surface area (TPSA) is 40.1 Å². The third kappa shape index (κ3) is 2.63. The van der Waals surface area contributed by atoms with Crippen LogP contribution in [0.3, 0.4) is 0 Å². The van der Waals surface area contributed by atoms with Crippen molar-refractivity contribution in [3.8, 4) is 0 Å². The molecule has 0 amide bonds. The van der Waals surface area contributed by atoms with Gasteiger partial charge in [-0.1, -0.05) is 44.5 Å². The molecule has 1 aromatic rings. The van der Waals surface area contributed by atoms with Gasteiger partial charge < -0.3 is 9.90 Å². The molecule has 0 unspecified atom stereocenters. The molecule has 0 radical (unpaired) electrons. The number of carbonyl (C=O) groups is 1. The largest absolute Gasteiger partial charge is 0.549 e. The maximum absolute atomic E-state index is 11.3. The molecule has 0 N–H and O–H groups in total. The summed E-state index contributed by atoms with van der Waals surface area (Å²) in [7, 11) is 0. The Kier molecular flexibility index (Phi) is 3.41. The Hall–Kier alpha value is -1.31. The van der Waals surface area contributed by atoms with Crippen molar-refractivity contribution in [3.05, 3.63) is 34.9 Å². The summed E-state index contributed by atoms with van der Waals surface area (Å²) in [4.78, 5) is 11.3. The molecule has 0 heterocycles. The number of aliphatic carboxylic acids is 1. The Morgan fingerprint density at radius 3 is 2.25 bits per heavy atom. The van der Waals surface area contributed by atoms with Crippen molar-refractivity contribution in [2.24, 2.45) is 5.41 Å². The fourth-order valence-electron chi connectivity index (χ4n) is 2.02. The summed E-state index contributed by atoms with van der Waals surface area (Å²) in [5.41, 5.74) is 2.62. The lowest BCUT2D eigenvalue weighted by Crippen LogP contribution is -2.37. The second-order valence-electron chi connectivity index (χ2n) is 5.48. The number of hydrogen-bond donors (Lipinski definition) is 0. The molecule has 0 saturated heterocycles. The van der Waals surface area contributed by atoms with Gasteiger partial charge in [0.05, 0.1) is 0 Å². The standard InChI is InChI=1S/C14H20O2/c1-9-6-7-10(2)11(8-9)12(13(15)16)14(3,4)5/h6-8,12H,1-5H3,(H,15,16)/p-1/t12-/m0/s1. The Balaban J connectivity index is 3.32. The zero-order valence-electron chi connectivity index (χ0n) is 10.6. The van der Waals surface area contributed by atoms with Crippen molar-refractivity contribution in [2.45, 2.75) is 40.5 Å². The highest BCUT2D eigenvalue weighted by atomic mass is 16.4. The van der Waals surface area contributed by atoms with E-state index in [2.05, 4.69) is 0 Å². The zero-order chi connectivity index (χ0) is 12.5. The Labute approximate surface area is 97.3 Å². The first-order valence-corrected chi connectivity index (χ1v) is 5.51. The predicted molar refractivity (Wildman–Crippen MR) is 63.1 cm³/mol. The summed E-state index contributed by atoms with van der Waals surface area (Å²) in [6.45, 7) is 9.69. The van der Waals surface area contributed by atoms with Gasteiger partial charge in [0, 0.05) is 11.9 Å². The molecule has 0 aliphatic rings. The van der Waals surface area contributed by atoms with Crippen molar-refractivity contribution in [1.82, 2.24) is 0 Å². The summed E-state index contributed by atoms with van der Waals surface area (Å²) in [5, 5.41) is 11.3. The summed E-state index contributed by atoms with van der Waals surface area (Å²) in [5.74, 6) is -1.56. The van der Waals surface area contributed by atoms with E-state index in [1.165, 1.54) is 0 Å². The fraction of sp³-hybridized carbons (Fsp3) is 0.500. The molecule has 0 bridgehead atoms. The highest BCUT2D eigenvalue weighted by Gasteiger charge is 2.28. The van der Waals surface area contributed by atoms with Gasteiger partial charge >= 0.3 is 0 Å². The Bertz CT molecular complexity index is 400. The van der Waals surface area contributed by atoms with Crippen LogP contribution in [0, 0.1) is 19.3 Å². The van der Waals surface area contributed by atoms with Crippen LogP contribution in [0.4, 0.5) is 0 Å². The van der Waals surface area contributed by atoms with Gasteiger partial charge in [-0.25, -0.2) is 0 Å². The van der Waals surface area contributed by atoms with Crippen LogP contribution >= 0.6 is 0 Å². The molecule has 0 aromatic heterocycles. The molecule has 0 fully saturated rings. The average molecular weight is 219 g/mol. The Morgan fingerprint density at radius 2 is 1.81 bits per heavy atom. The molecule has 1 rings (SSSR count). The molecular weight excluding hydrogens is 200 g/mol. The van der Waals surface area contributed by atoms with E-state index in [0.29, 0.717) is 0 Å². The first-order valence-electron chi connectivity index (χ1n) is 5.51. The zero-order valence-corrected chi connectivity index (χ0v) is 10.6. The highest BCUT2D eigenvalue weighted by molar-refractivity contribution is 5.75. The molecule has 88 valence electrons. The highest BCUT2D eigenvalue weighted by Crippen LogP contribution is 2.36. The lowest BCUT2D eigenvalue weighted by atomic mass is 9.75. The third-order valence-corrected chi connectivity index (χ3v) is 2.85. The molecule has 0 aliphatic carbocycles. The van der Waals surface area contributed by atoms with Crippen molar-refractivity contribution >= 4 is 5.97 Å². The van der Waals surface area contributed by atoms with Crippen LogP contribution in [0.15, 0.2) is 18.2 Å². The minimum Gasteiger partial charge on any atom is -0.549 e. The van der Waals surface area contributed by atoms with Gasteiger partial charge in [-0.2, -0.15) is 0 Å². The lowest BCUT2D eigenvalue weighted by molar-refractivity contribution is -0.310. The minimum absolute atomic E-state index is 0.336. The number of carboxylic acid groups (broad SMARTS) is 1. The number of hydrogen-bond acceptors (Lipinski definition) is 2. The summed E-state index contributed by atoms with van der Waals surface area (Å²) in [6, 6.07) is 5.90. The van der Waals surface area contributed by atoms with E-state index < -0.39 is 11.9 Å². The van der Waals surface area contributed by atoms with Gasteiger partial charge in [-0.3, -0.25) is 0 Å². The Morgan fingerprint density at radius 1 is 1.25 bits per heavy atom. The number of carboxylic acids is 1. The summed E-state index contributed by atoms with van der Waals surface area (Å²) in [6.07, 6.45) is 0. The summed E-state index contributed by atoms with van der Waals surface area (Å²) < 4.78 is 0. The summed E-state index contributed by atoms with van der Waals surface area (Å²) >= 11 is 0. The van der Waals surface area contributed by atoms with E-state index in [1.807, 2.05) is 52.8 Å². The van der Waals surface area contributed by atoms with E-state index in [1.54, 1.807) is 0 Å². The number of carbonyl (C=O) groups excluding carboxylic acids is 1. The molecule has 1 aromatic carbocycles.